The Morgan fingerprint density at radius 3 is 2.41 bits per heavy atom. The summed E-state index contributed by atoms with van der Waals surface area (Å²) < 4.78 is 12.0. The highest BCUT2D eigenvalue weighted by Gasteiger charge is 2.15. The van der Waals surface area contributed by atoms with Crippen LogP contribution in [-0.2, 0) is 11.4 Å². The highest BCUT2D eigenvalue weighted by Crippen LogP contribution is 2.38. The van der Waals surface area contributed by atoms with E-state index in [4.69, 9.17) is 32.7 Å². The van der Waals surface area contributed by atoms with Gasteiger partial charge in [-0.3, -0.25) is 4.79 Å². The van der Waals surface area contributed by atoms with E-state index in [0.717, 1.165) is 24.3 Å². The van der Waals surface area contributed by atoms with Crippen molar-refractivity contribution in [2.75, 3.05) is 30.4 Å². The van der Waals surface area contributed by atoms with E-state index in [1.807, 2.05) is 30.3 Å². The number of amides is 1. The number of ether oxygens (including phenoxy) is 2. The van der Waals surface area contributed by atoms with Gasteiger partial charge in [0.25, 0.3) is 5.91 Å². The number of halogens is 3. The Hall–Kier alpha value is -3.18. The third-order valence-electron chi connectivity index (χ3n) is 5.57. The predicted octanol–water partition coefficient (Wildman–Crippen LogP) is 7.74. The topological polar surface area (TPSA) is 74.6 Å². The lowest BCUT2D eigenvalue weighted by molar-refractivity contribution is -0.112. The van der Waals surface area contributed by atoms with E-state index in [-0.39, 0.29) is 12.2 Å². The van der Waals surface area contributed by atoms with Crippen molar-refractivity contribution in [1.82, 2.24) is 0 Å². The normalized spacial score (nSPS) is 11.0. The lowest BCUT2D eigenvalue weighted by Crippen LogP contribution is -2.21. The van der Waals surface area contributed by atoms with Gasteiger partial charge in [0.05, 0.1) is 11.6 Å². The fraction of sp³-hybridized carbons (Fsp3) is 0.214. The molecule has 0 saturated heterocycles. The van der Waals surface area contributed by atoms with Gasteiger partial charge in [-0.25, -0.2) is 0 Å². The minimum Gasteiger partial charge on any atom is -0.493 e. The third kappa shape index (κ3) is 7.42. The summed E-state index contributed by atoms with van der Waals surface area (Å²) in [6, 6.07) is 18.1. The molecule has 0 unspecified atom stereocenters. The van der Waals surface area contributed by atoms with E-state index in [1.165, 1.54) is 13.2 Å². The van der Waals surface area contributed by atoms with Crippen LogP contribution in [0.15, 0.2) is 64.6 Å². The number of hydrogen-bond acceptors (Lipinski definition) is 5. The van der Waals surface area contributed by atoms with Crippen LogP contribution in [0.1, 0.15) is 25.0 Å². The van der Waals surface area contributed by atoms with Gasteiger partial charge in [-0.1, -0.05) is 29.3 Å². The molecule has 3 rings (SSSR count). The van der Waals surface area contributed by atoms with Gasteiger partial charge in [0.2, 0.25) is 0 Å². The van der Waals surface area contributed by atoms with E-state index in [2.05, 4.69) is 40.0 Å². The molecule has 0 saturated carbocycles. The van der Waals surface area contributed by atoms with Crippen molar-refractivity contribution in [2.24, 2.45) is 0 Å². The summed E-state index contributed by atoms with van der Waals surface area (Å²) in [6.07, 6.45) is 1.49. The van der Waals surface area contributed by atoms with Crippen LogP contribution < -0.4 is 19.7 Å². The maximum atomic E-state index is 12.8. The standard InChI is InChI=1S/C28H26BrCl2N3O3/c1-4-34(5-2)23-10-8-22(9-11-23)33-28(35)20(16-32)12-18-13-24(29)27(26(14-18)36-3)37-17-19-6-7-21(30)15-25(19)31/h6-15H,4-5,17H2,1-3H3,(H,33,35)/b20-12-. The molecular weight excluding hydrogens is 577 g/mol. The smallest absolute Gasteiger partial charge is 0.266 e. The minimum atomic E-state index is -0.508. The van der Waals surface area contributed by atoms with Gasteiger partial charge in [-0.2, -0.15) is 5.26 Å². The summed E-state index contributed by atoms with van der Waals surface area (Å²) in [7, 11) is 1.51. The van der Waals surface area contributed by atoms with Crippen LogP contribution in [0.2, 0.25) is 10.0 Å². The Kier molecular flexibility index (Phi) is 10.3. The number of nitriles is 1. The van der Waals surface area contributed by atoms with Gasteiger partial charge in [-0.15, -0.1) is 0 Å². The first-order valence-corrected chi connectivity index (χ1v) is 13.1. The first-order valence-electron chi connectivity index (χ1n) is 11.5. The van der Waals surface area contributed by atoms with Crippen LogP contribution in [0.4, 0.5) is 11.4 Å². The number of methoxy groups -OCH3 is 1. The largest absolute Gasteiger partial charge is 0.493 e. The zero-order valence-corrected chi connectivity index (χ0v) is 23.7. The first-order chi connectivity index (χ1) is 17.8. The molecular formula is C28H26BrCl2N3O3. The van der Waals surface area contributed by atoms with E-state index in [0.29, 0.717) is 37.3 Å². The van der Waals surface area contributed by atoms with Crippen molar-refractivity contribution in [3.05, 3.63) is 85.8 Å². The maximum Gasteiger partial charge on any atom is 0.266 e. The average Bonchev–Trinajstić information content (AvgIpc) is 2.88. The monoisotopic (exact) mass is 601 g/mol. The molecule has 9 heteroatoms. The fourth-order valence-corrected chi connectivity index (χ4v) is 4.65. The van der Waals surface area contributed by atoms with Crippen molar-refractivity contribution in [1.29, 1.82) is 5.26 Å². The molecule has 0 atom stereocenters. The van der Waals surface area contributed by atoms with Gasteiger partial charge < -0.3 is 19.7 Å². The van der Waals surface area contributed by atoms with Crippen LogP contribution in [0, 0.1) is 11.3 Å². The summed E-state index contributed by atoms with van der Waals surface area (Å²) in [5, 5.41) is 13.5. The summed E-state index contributed by atoms with van der Waals surface area (Å²) in [6.45, 7) is 6.15. The predicted molar refractivity (Wildman–Crippen MR) is 154 cm³/mol. The molecule has 1 amide bonds. The van der Waals surface area contributed by atoms with Crippen molar-refractivity contribution < 1.29 is 14.3 Å². The molecule has 0 heterocycles. The number of rotatable bonds is 10. The SMILES string of the molecule is CCN(CC)c1ccc(NC(=O)/C(C#N)=C\c2cc(Br)c(OCc3ccc(Cl)cc3Cl)c(OC)c2)cc1. The number of carbonyl (C=O) groups is 1. The van der Waals surface area contributed by atoms with Crippen LogP contribution in [0.3, 0.4) is 0 Å². The molecule has 0 aliphatic rings. The number of benzene rings is 3. The molecule has 0 aliphatic carbocycles. The summed E-state index contributed by atoms with van der Waals surface area (Å²) in [5.74, 6) is 0.378. The molecule has 6 nitrogen and oxygen atoms in total. The molecule has 0 spiro atoms. The molecule has 0 radical (unpaired) electrons. The first kappa shape index (κ1) is 28.4. The number of nitrogens with one attached hydrogen (secondary N) is 1. The Morgan fingerprint density at radius 2 is 1.81 bits per heavy atom. The zero-order valence-electron chi connectivity index (χ0n) is 20.6. The van der Waals surface area contributed by atoms with Gasteiger partial charge in [0.1, 0.15) is 18.2 Å². The second-order valence-corrected chi connectivity index (χ2v) is 9.60. The van der Waals surface area contributed by atoms with E-state index < -0.39 is 5.91 Å². The van der Waals surface area contributed by atoms with Crippen molar-refractivity contribution >= 4 is 62.5 Å². The highest BCUT2D eigenvalue weighted by molar-refractivity contribution is 9.10. The molecule has 0 aliphatic heterocycles. The van der Waals surface area contributed by atoms with Crippen molar-refractivity contribution in [2.45, 2.75) is 20.5 Å². The van der Waals surface area contributed by atoms with Crippen molar-refractivity contribution in [3.63, 3.8) is 0 Å². The maximum absolute atomic E-state index is 12.8. The van der Waals surface area contributed by atoms with Crippen LogP contribution in [0.25, 0.3) is 6.08 Å². The third-order valence-corrected chi connectivity index (χ3v) is 6.74. The molecule has 37 heavy (non-hydrogen) atoms. The van der Waals surface area contributed by atoms with E-state index >= 15 is 0 Å². The number of nitrogens with zero attached hydrogens (tertiary/aromatic N) is 2. The van der Waals surface area contributed by atoms with Gasteiger partial charge in [-0.05, 0) is 89.9 Å². The molecule has 3 aromatic rings. The summed E-state index contributed by atoms with van der Waals surface area (Å²) >= 11 is 15.7. The van der Waals surface area contributed by atoms with Crippen LogP contribution in [0.5, 0.6) is 11.5 Å². The Morgan fingerprint density at radius 1 is 1.11 bits per heavy atom. The molecule has 0 aromatic heterocycles. The molecule has 0 fully saturated rings. The quantitative estimate of drug-likeness (QED) is 0.190. The number of carbonyl (C=O) groups excluding carboxylic acids is 1. The minimum absolute atomic E-state index is 0.0524. The fourth-order valence-electron chi connectivity index (χ4n) is 3.61. The molecule has 1 N–H and O–H groups in total. The lowest BCUT2D eigenvalue weighted by atomic mass is 10.1. The van der Waals surface area contributed by atoms with Crippen LogP contribution in [-0.4, -0.2) is 26.1 Å². The summed E-state index contributed by atoms with van der Waals surface area (Å²) in [4.78, 5) is 15.0. The second-order valence-electron chi connectivity index (χ2n) is 7.90. The number of hydrogen-bond donors (Lipinski definition) is 1. The Labute approximate surface area is 235 Å². The van der Waals surface area contributed by atoms with Gasteiger partial charge >= 0.3 is 0 Å². The van der Waals surface area contributed by atoms with Gasteiger partial charge in [0.15, 0.2) is 11.5 Å². The zero-order chi connectivity index (χ0) is 26.9. The molecule has 0 bridgehead atoms. The van der Waals surface area contributed by atoms with E-state index in [9.17, 15) is 10.1 Å². The Bertz CT molecular complexity index is 1330. The van der Waals surface area contributed by atoms with Crippen molar-refractivity contribution in [3.8, 4) is 17.6 Å². The lowest BCUT2D eigenvalue weighted by Gasteiger charge is -2.21. The number of anilines is 2. The summed E-state index contributed by atoms with van der Waals surface area (Å²) in [5.41, 5.74) is 2.96. The average molecular weight is 603 g/mol. The molecule has 192 valence electrons. The molecule has 3 aromatic carbocycles. The Balaban J connectivity index is 1.77. The van der Waals surface area contributed by atoms with Gasteiger partial charge in [0, 0.05) is 40.1 Å². The van der Waals surface area contributed by atoms with E-state index in [1.54, 1.807) is 30.3 Å². The highest BCUT2D eigenvalue weighted by atomic mass is 79.9. The van der Waals surface area contributed by atoms with Crippen LogP contribution >= 0.6 is 39.1 Å². The second kappa shape index (κ2) is 13.4.